The maximum Gasteiger partial charge on any atom is 0.0743 e. The van der Waals surface area contributed by atoms with E-state index in [0.717, 1.165) is 19.4 Å². The minimum absolute atomic E-state index is 0.530. The van der Waals surface area contributed by atoms with E-state index in [1.54, 1.807) is 0 Å². The van der Waals surface area contributed by atoms with E-state index in [0.29, 0.717) is 11.0 Å². The second kappa shape index (κ2) is 6.38. The molecule has 0 radical (unpaired) electrons. The molecule has 0 amide bonds. The quantitative estimate of drug-likeness (QED) is 0.644. The van der Waals surface area contributed by atoms with E-state index in [9.17, 15) is 0 Å². The molecule has 1 atom stereocenters. The summed E-state index contributed by atoms with van der Waals surface area (Å²) in [7, 11) is 2.13. The maximum absolute atomic E-state index is 5.51. The molecule has 0 aromatic rings. The molecule has 2 N–H and O–H groups in total. The molecule has 0 aliphatic rings. The van der Waals surface area contributed by atoms with E-state index in [1.807, 2.05) is 0 Å². The molecular formula is C9H20N2S. The zero-order chi connectivity index (χ0) is 9.56. The van der Waals surface area contributed by atoms with Crippen LogP contribution in [0.15, 0.2) is 0 Å². The van der Waals surface area contributed by atoms with E-state index in [2.05, 4.69) is 25.8 Å². The topological polar surface area (TPSA) is 29.3 Å². The Morgan fingerprint density at radius 3 is 2.42 bits per heavy atom. The minimum Gasteiger partial charge on any atom is -0.393 e. The highest BCUT2D eigenvalue weighted by Gasteiger charge is 2.12. The van der Waals surface area contributed by atoms with E-state index >= 15 is 0 Å². The normalized spacial score (nSPS) is 13.3. The number of nitrogens with two attached hydrogens (primary N) is 1. The van der Waals surface area contributed by atoms with Crippen molar-refractivity contribution in [3.63, 3.8) is 0 Å². The lowest BCUT2D eigenvalue weighted by Crippen LogP contribution is -2.34. The van der Waals surface area contributed by atoms with Gasteiger partial charge in [-0.3, -0.25) is 0 Å². The average Bonchev–Trinajstić information content (AvgIpc) is 2.00. The van der Waals surface area contributed by atoms with Crippen LogP contribution in [0.5, 0.6) is 0 Å². The van der Waals surface area contributed by atoms with Gasteiger partial charge in [0.25, 0.3) is 0 Å². The molecule has 3 heteroatoms. The van der Waals surface area contributed by atoms with Crippen LogP contribution in [-0.2, 0) is 0 Å². The first-order valence-electron chi connectivity index (χ1n) is 4.60. The highest BCUT2D eigenvalue weighted by atomic mass is 32.1. The number of thiocarbonyl (C=S) groups is 1. The van der Waals surface area contributed by atoms with Gasteiger partial charge in [0, 0.05) is 12.5 Å². The third-order valence-electron chi connectivity index (χ3n) is 2.11. The molecule has 0 rings (SSSR count). The smallest absolute Gasteiger partial charge is 0.0743 e. The van der Waals surface area contributed by atoms with Crippen LogP contribution in [0.3, 0.4) is 0 Å². The maximum atomic E-state index is 5.51. The van der Waals surface area contributed by atoms with Gasteiger partial charge < -0.3 is 10.6 Å². The van der Waals surface area contributed by atoms with Gasteiger partial charge in [-0.1, -0.05) is 26.1 Å². The van der Waals surface area contributed by atoms with Crippen LogP contribution in [0, 0.1) is 0 Å². The molecular weight excluding hydrogens is 168 g/mol. The largest absolute Gasteiger partial charge is 0.393 e. The molecule has 0 bridgehead atoms. The molecule has 72 valence electrons. The van der Waals surface area contributed by atoms with Crippen molar-refractivity contribution in [2.24, 2.45) is 5.73 Å². The Kier molecular flexibility index (Phi) is 6.30. The fourth-order valence-electron chi connectivity index (χ4n) is 1.38. The average molecular weight is 188 g/mol. The fraction of sp³-hybridized carbons (Fsp3) is 0.889. The van der Waals surface area contributed by atoms with Crippen LogP contribution < -0.4 is 5.73 Å². The van der Waals surface area contributed by atoms with Crippen molar-refractivity contribution in [3.8, 4) is 0 Å². The molecule has 0 heterocycles. The molecule has 0 aliphatic heterocycles. The highest BCUT2D eigenvalue weighted by molar-refractivity contribution is 7.80. The van der Waals surface area contributed by atoms with Crippen LogP contribution in [0.25, 0.3) is 0 Å². The molecule has 0 aromatic carbocycles. The molecule has 12 heavy (non-hydrogen) atoms. The Morgan fingerprint density at radius 1 is 1.50 bits per heavy atom. The van der Waals surface area contributed by atoms with Crippen molar-refractivity contribution in [1.82, 2.24) is 4.90 Å². The van der Waals surface area contributed by atoms with Crippen LogP contribution >= 0.6 is 12.2 Å². The fourth-order valence-corrected chi connectivity index (χ4v) is 1.57. The van der Waals surface area contributed by atoms with E-state index in [4.69, 9.17) is 18.0 Å². The second-order valence-electron chi connectivity index (χ2n) is 3.21. The summed E-state index contributed by atoms with van der Waals surface area (Å²) in [4.78, 5) is 2.96. The first-order chi connectivity index (χ1) is 5.61. The van der Waals surface area contributed by atoms with Crippen molar-refractivity contribution in [1.29, 1.82) is 0 Å². The minimum atomic E-state index is 0.530. The molecule has 1 unspecified atom stereocenters. The Balaban J connectivity index is 3.86. The zero-order valence-electron chi connectivity index (χ0n) is 8.34. The summed E-state index contributed by atoms with van der Waals surface area (Å²) in [6.45, 7) is 5.49. The predicted molar refractivity (Wildman–Crippen MR) is 58.4 cm³/mol. The first kappa shape index (κ1) is 11.8. The summed E-state index contributed by atoms with van der Waals surface area (Å²) in [5.41, 5.74) is 5.51. The van der Waals surface area contributed by atoms with Gasteiger partial charge in [-0.15, -0.1) is 0 Å². The van der Waals surface area contributed by atoms with Crippen LogP contribution in [-0.4, -0.2) is 29.5 Å². The van der Waals surface area contributed by atoms with Gasteiger partial charge in [-0.2, -0.15) is 0 Å². The number of hydrogen-bond acceptors (Lipinski definition) is 2. The molecule has 2 nitrogen and oxygen atoms in total. The Bertz CT molecular complexity index is 136. The van der Waals surface area contributed by atoms with Gasteiger partial charge >= 0.3 is 0 Å². The Hall–Kier alpha value is -0.150. The predicted octanol–water partition coefficient (Wildman–Crippen LogP) is 1.78. The van der Waals surface area contributed by atoms with Crippen LogP contribution in [0.2, 0.25) is 0 Å². The summed E-state index contributed by atoms with van der Waals surface area (Å²) in [6, 6.07) is 0.530. The molecule has 0 aliphatic carbocycles. The van der Waals surface area contributed by atoms with Crippen molar-refractivity contribution in [3.05, 3.63) is 0 Å². The lowest BCUT2D eigenvalue weighted by atomic mass is 10.1. The number of rotatable bonds is 6. The SMILES string of the molecule is CCCN(C)C(CC)CC(N)=S. The highest BCUT2D eigenvalue weighted by Crippen LogP contribution is 2.06. The lowest BCUT2D eigenvalue weighted by Gasteiger charge is -2.26. The molecule has 0 spiro atoms. The molecule has 0 aromatic heterocycles. The van der Waals surface area contributed by atoms with Crippen LogP contribution in [0.4, 0.5) is 0 Å². The van der Waals surface area contributed by atoms with Gasteiger partial charge in [-0.05, 0) is 26.4 Å². The van der Waals surface area contributed by atoms with Gasteiger partial charge in [0.2, 0.25) is 0 Å². The molecule has 0 saturated carbocycles. The Morgan fingerprint density at radius 2 is 2.08 bits per heavy atom. The molecule has 0 saturated heterocycles. The summed E-state index contributed by atoms with van der Waals surface area (Å²) in [5, 5.41) is 0. The van der Waals surface area contributed by atoms with Gasteiger partial charge in [0.1, 0.15) is 0 Å². The second-order valence-corrected chi connectivity index (χ2v) is 3.74. The summed E-state index contributed by atoms with van der Waals surface area (Å²) in [5.74, 6) is 0. The molecule has 0 fully saturated rings. The van der Waals surface area contributed by atoms with Gasteiger partial charge in [0.05, 0.1) is 4.99 Å². The van der Waals surface area contributed by atoms with Gasteiger partial charge in [0.15, 0.2) is 0 Å². The van der Waals surface area contributed by atoms with Crippen molar-refractivity contribution >= 4 is 17.2 Å². The van der Waals surface area contributed by atoms with Crippen molar-refractivity contribution < 1.29 is 0 Å². The Labute approximate surface area is 81.1 Å². The van der Waals surface area contributed by atoms with Crippen molar-refractivity contribution in [2.75, 3.05) is 13.6 Å². The summed E-state index contributed by atoms with van der Waals surface area (Å²) in [6.07, 6.45) is 3.15. The lowest BCUT2D eigenvalue weighted by molar-refractivity contribution is 0.242. The monoisotopic (exact) mass is 188 g/mol. The number of nitrogens with zero attached hydrogens (tertiary/aromatic N) is 1. The summed E-state index contributed by atoms with van der Waals surface area (Å²) >= 11 is 4.89. The van der Waals surface area contributed by atoms with Crippen LogP contribution in [0.1, 0.15) is 33.1 Å². The van der Waals surface area contributed by atoms with Gasteiger partial charge in [-0.25, -0.2) is 0 Å². The van der Waals surface area contributed by atoms with Crippen molar-refractivity contribution in [2.45, 2.75) is 39.2 Å². The summed E-state index contributed by atoms with van der Waals surface area (Å²) < 4.78 is 0. The number of hydrogen-bond donors (Lipinski definition) is 1. The third-order valence-corrected chi connectivity index (χ3v) is 2.27. The van der Waals surface area contributed by atoms with E-state index < -0.39 is 0 Å². The standard InChI is InChI=1S/C9H20N2S/c1-4-6-11(3)8(5-2)7-9(10)12/h8H,4-7H2,1-3H3,(H2,10,12). The zero-order valence-corrected chi connectivity index (χ0v) is 9.16. The van der Waals surface area contributed by atoms with E-state index in [1.165, 1.54) is 6.42 Å². The first-order valence-corrected chi connectivity index (χ1v) is 5.01. The van der Waals surface area contributed by atoms with E-state index in [-0.39, 0.29) is 0 Å². The third kappa shape index (κ3) is 4.67.